The fraction of sp³-hybridized carbons (Fsp3) is 0.167. The maximum Gasteiger partial charge on any atom is 0.255 e. The minimum atomic E-state index is -0.604. The van der Waals surface area contributed by atoms with Crippen LogP contribution in [0.5, 0.6) is 0 Å². The third-order valence-corrected chi connectivity index (χ3v) is 3.80. The number of anilines is 3. The second-order valence-corrected chi connectivity index (χ2v) is 5.75. The summed E-state index contributed by atoms with van der Waals surface area (Å²) in [7, 11) is 0. The van der Waals surface area contributed by atoms with Crippen molar-refractivity contribution in [2.24, 2.45) is 0 Å². The van der Waals surface area contributed by atoms with Crippen LogP contribution in [-0.2, 0) is 16.0 Å². The van der Waals surface area contributed by atoms with Crippen molar-refractivity contribution in [2.45, 2.75) is 19.8 Å². The first-order chi connectivity index (χ1) is 11.9. The first-order valence-corrected chi connectivity index (χ1v) is 7.73. The van der Waals surface area contributed by atoms with Gasteiger partial charge in [0.25, 0.3) is 5.91 Å². The fourth-order valence-corrected chi connectivity index (χ4v) is 2.62. The third kappa shape index (κ3) is 3.82. The first kappa shape index (κ1) is 16.6. The van der Waals surface area contributed by atoms with E-state index >= 15 is 0 Å². The Labute approximate surface area is 143 Å². The SMILES string of the molecule is CC(=O)Nc1ccc(F)c(NC(=O)c2ccc3c(c2)CCC(=O)N3)c1. The summed E-state index contributed by atoms with van der Waals surface area (Å²) in [6.07, 6.45) is 0.917. The second-order valence-electron chi connectivity index (χ2n) is 5.75. The highest BCUT2D eigenvalue weighted by Crippen LogP contribution is 2.25. The summed E-state index contributed by atoms with van der Waals surface area (Å²) in [6, 6.07) is 8.84. The number of hydrogen-bond donors (Lipinski definition) is 3. The lowest BCUT2D eigenvalue weighted by atomic mass is 10.00. The van der Waals surface area contributed by atoms with Crippen molar-refractivity contribution in [1.82, 2.24) is 0 Å². The minimum Gasteiger partial charge on any atom is -0.326 e. The Hall–Kier alpha value is -3.22. The second kappa shape index (κ2) is 6.72. The van der Waals surface area contributed by atoms with E-state index in [1.807, 2.05) is 0 Å². The van der Waals surface area contributed by atoms with Crippen molar-refractivity contribution >= 4 is 34.8 Å². The molecule has 0 aliphatic carbocycles. The maximum atomic E-state index is 13.9. The average molecular weight is 341 g/mol. The number of benzene rings is 2. The van der Waals surface area contributed by atoms with Gasteiger partial charge in [-0.05, 0) is 48.4 Å². The molecule has 3 amide bonds. The molecule has 1 heterocycles. The fourth-order valence-electron chi connectivity index (χ4n) is 2.62. The van der Waals surface area contributed by atoms with E-state index in [2.05, 4.69) is 16.0 Å². The Morgan fingerprint density at radius 3 is 2.64 bits per heavy atom. The van der Waals surface area contributed by atoms with Gasteiger partial charge in [-0.2, -0.15) is 0 Å². The van der Waals surface area contributed by atoms with E-state index in [0.29, 0.717) is 29.8 Å². The van der Waals surface area contributed by atoms with Gasteiger partial charge in [0.15, 0.2) is 0 Å². The molecule has 0 radical (unpaired) electrons. The van der Waals surface area contributed by atoms with Crippen LogP contribution in [0.1, 0.15) is 29.3 Å². The van der Waals surface area contributed by atoms with Gasteiger partial charge in [-0.3, -0.25) is 14.4 Å². The van der Waals surface area contributed by atoms with Gasteiger partial charge in [0.1, 0.15) is 5.82 Å². The molecule has 0 fully saturated rings. The Kier molecular flexibility index (Phi) is 4.47. The van der Waals surface area contributed by atoms with Crippen LogP contribution in [0.15, 0.2) is 36.4 Å². The molecule has 2 aromatic carbocycles. The van der Waals surface area contributed by atoms with Crippen LogP contribution >= 0.6 is 0 Å². The molecule has 2 aromatic rings. The van der Waals surface area contributed by atoms with Gasteiger partial charge in [-0.1, -0.05) is 0 Å². The molecule has 0 atom stereocenters. The van der Waals surface area contributed by atoms with E-state index in [1.54, 1.807) is 18.2 Å². The zero-order chi connectivity index (χ0) is 18.0. The number of amides is 3. The van der Waals surface area contributed by atoms with Gasteiger partial charge >= 0.3 is 0 Å². The van der Waals surface area contributed by atoms with Gasteiger partial charge in [0, 0.05) is 30.3 Å². The lowest BCUT2D eigenvalue weighted by molar-refractivity contribution is -0.116. The molecule has 25 heavy (non-hydrogen) atoms. The van der Waals surface area contributed by atoms with E-state index in [4.69, 9.17) is 0 Å². The molecule has 0 unspecified atom stereocenters. The molecule has 7 heteroatoms. The summed E-state index contributed by atoms with van der Waals surface area (Å²) in [5.41, 5.74) is 2.27. The molecule has 0 saturated heterocycles. The quantitative estimate of drug-likeness (QED) is 0.802. The number of aryl methyl sites for hydroxylation is 1. The standard InChI is InChI=1S/C18H16FN3O3/c1-10(23)20-13-4-5-14(19)16(9-13)22-18(25)12-2-6-15-11(8-12)3-7-17(24)21-15/h2,4-6,8-9H,3,7H2,1H3,(H,20,23)(H,21,24)(H,22,25). The molecule has 0 saturated carbocycles. The zero-order valence-electron chi connectivity index (χ0n) is 13.5. The van der Waals surface area contributed by atoms with Gasteiger partial charge in [0.2, 0.25) is 11.8 Å². The van der Waals surface area contributed by atoms with Crippen molar-refractivity contribution in [1.29, 1.82) is 0 Å². The predicted molar refractivity (Wildman–Crippen MR) is 92.0 cm³/mol. The Bertz CT molecular complexity index is 880. The monoisotopic (exact) mass is 341 g/mol. The first-order valence-electron chi connectivity index (χ1n) is 7.73. The average Bonchev–Trinajstić information content (AvgIpc) is 2.56. The smallest absolute Gasteiger partial charge is 0.255 e. The van der Waals surface area contributed by atoms with Crippen LogP contribution in [-0.4, -0.2) is 17.7 Å². The normalized spacial score (nSPS) is 12.8. The molecule has 0 spiro atoms. The summed E-state index contributed by atoms with van der Waals surface area (Å²) >= 11 is 0. The van der Waals surface area contributed by atoms with Crippen LogP contribution in [0, 0.1) is 5.82 Å². The number of carbonyl (C=O) groups excluding carboxylic acids is 3. The van der Waals surface area contributed by atoms with Crippen molar-refractivity contribution in [3.05, 3.63) is 53.3 Å². The van der Waals surface area contributed by atoms with Crippen LogP contribution in [0.4, 0.5) is 21.5 Å². The van der Waals surface area contributed by atoms with Gasteiger partial charge in [0.05, 0.1) is 5.69 Å². The van der Waals surface area contributed by atoms with Gasteiger partial charge in [-0.25, -0.2) is 4.39 Å². The largest absolute Gasteiger partial charge is 0.326 e. The number of fused-ring (bicyclic) bond motifs is 1. The molecule has 1 aliphatic heterocycles. The van der Waals surface area contributed by atoms with Crippen molar-refractivity contribution in [2.75, 3.05) is 16.0 Å². The number of hydrogen-bond acceptors (Lipinski definition) is 3. The van der Waals surface area contributed by atoms with E-state index in [9.17, 15) is 18.8 Å². The number of nitrogens with one attached hydrogen (secondary N) is 3. The summed E-state index contributed by atoms with van der Waals surface area (Å²) in [5, 5.41) is 7.78. The van der Waals surface area contributed by atoms with Gasteiger partial charge in [-0.15, -0.1) is 0 Å². The predicted octanol–water partition coefficient (Wildman–Crippen LogP) is 2.92. The molecule has 0 aromatic heterocycles. The van der Waals surface area contributed by atoms with Crippen LogP contribution in [0.2, 0.25) is 0 Å². The zero-order valence-corrected chi connectivity index (χ0v) is 13.5. The Morgan fingerprint density at radius 2 is 1.88 bits per heavy atom. The Balaban J connectivity index is 1.80. The molecular weight excluding hydrogens is 325 g/mol. The molecule has 3 rings (SSSR count). The molecule has 6 nitrogen and oxygen atoms in total. The van der Waals surface area contributed by atoms with Gasteiger partial charge < -0.3 is 16.0 Å². The molecular formula is C18H16FN3O3. The summed E-state index contributed by atoms with van der Waals surface area (Å²) in [6.45, 7) is 1.34. The van der Waals surface area contributed by atoms with Crippen LogP contribution in [0.3, 0.4) is 0 Å². The van der Waals surface area contributed by atoms with Crippen molar-refractivity contribution in [3.8, 4) is 0 Å². The minimum absolute atomic E-state index is 0.0257. The summed E-state index contributed by atoms with van der Waals surface area (Å²) in [4.78, 5) is 34.9. The lowest BCUT2D eigenvalue weighted by Gasteiger charge is -2.17. The summed E-state index contributed by atoms with van der Waals surface area (Å²) in [5.74, 6) is -1.42. The molecule has 128 valence electrons. The van der Waals surface area contributed by atoms with E-state index in [1.165, 1.54) is 25.1 Å². The number of carbonyl (C=O) groups is 3. The topological polar surface area (TPSA) is 87.3 Å². The summed E-state index contributed by atoms with van der Waals surface area (Å²) < 4.78 is 13.9. The molecule has 3 N–H and O–H groups in total. The van der Waals surface area contributed by atoms with E-state index < -0.39 is 11.7 Å². The van der Waals surface area contributed by atoms with E-state index in [0.717, 1.165) is 5.56 Å². The highest BCUT2D eigenvalue weighted by atomic mass is 19.1. The molecule has 1 aliphatic rings. The van der Waals surface area contributed by atoms with Crippen LogP contribution in [0.25, 0.3) is 0 Å². The van der Waals surface area contributed by atoms with E-state index in [-0.39, 0.29) is 17.5 Å². The number of rotatable bonds is 3. The maximum absolute atomic E-state index is 13.9. The highest BCUT2D eigenvalue weighted by molar-refractivity contribution is 6.05. The highest BCUT2D eigenvalue weighted by Gasteiger charge is 2.17. The van der Waals surface area contributed by atoms with Crippen molar-refractivity contribution < 1.29 is 18.8 Å². The van der Waals surface area contributed by atoms with Crippen LogP contribution < -0.4 is 16.0 Å². The lowest BCUT2D eigenvalue weighted by Crippen LogP contribution is -2.20. The third-order valence-electron chi connectivity index (χ3n) is 3.80. The van der Waals surface area contributed by atoms with Crippen molar-refractivity contribution in [3.63, 3.8) is 0 Å². The Morgan fingerprint density at radius 1 is 1.08 bits per heavy atom. The molecule has 0 bridgehead atoms. The number of halogens is 1.